The van der Waals surface area contributed by atoms with Gasteiger partial charge < -0.3 is 5.11 Å². The molecule has 19 heavy (non-hydrogen) atoms. The average Bonchev–Trinajstić information content (AvgIpc) is 2.87. The fourth-order valence-corrected chi connectivity index (χ4v) is 2.65. The molecular formula is C15H20FNO2. The first-order valence-electron chi connectivity index (χ1n) is 6.76. The number of Topliss-reactive ketones (excluding diaryl/α,β-unsaturated/α-hetero) is 1. The maximum Gasteiger partial charge on any atom is 0.179 e. The van der Waals surface area contributed by atoms with Gasteiger partial charge >= 0.3 is 0 Å². The van der Waals surface area contributed by atoms with Crippen LogP contribution in [0.25, 0.3) is 0 Å². The van der Waals surface area contributed by atoms with Gasteiger partial charge in [0.2, 0.25) is 0 Å². The number of hydrogen-bond donors (Lipinski definition) is 1. The summed E-state index contributed by atoms with van der Waals surface area (Å²) in [6, 6.07) is 5.52. The number of carbonyl (C=O) groups excluding carboxylic acids is 1. The number of aliphatic hydroxyl groups is 1. The highest BCUT2D eigenvalue weighted by atomic mass is 19.1. The Bertz CT molecular complexity index is 432. The second-order valence-electron chi connectivity index (χ2n) is 5.21. The lowest BCUT2D eigenvalue weighted by atomic mass is 10.0. The van der Waals surface area contributed by atoms with Crippen molar-refractivity contribution in [2.24, 2.45) is 5.92 Å². The molecule has 1 aromatic carbocycles. The van der Waals surface area contributed by atoms with E-state index in [0.717, 1.165) is 25.9 Å². The van der Waals surface area contributed by atoms with Crippen molar-refractivity contribution in [2.75, 3.05) is 19.7 Å². The third-order valence-electron chi connectivity index (χ3n) is 3.91. The van der Waals surface area contributed by atoms with Crippen molar-refractivity contribution >= 4 is 5.78 Å². The molecule has 1 aliphatic heterocycles. The molecule has 0 spiro atoms. The normalized spacial score (nSPS) is 21.5. The second kappa shape index (κ2) is 6.26. The first-order valence-corrected chi connectivity index (χ1v) is 6.76. The van der Waals surface area contributed by atoms with Crippen LogP contribution in [0, 0.1) is 11.7 Å². The van der Waals surface area contributed by atoms with Crippen LogP contribution in [0.2, 0.25) is 0 Å². The van der Waals surface area contributed by atoms with Crippen molar-refractivity contribution in [3.05, 3.63) is 35.6 Å². The van der Waals surface area contributed by atoms with Gasteiger partial charge in [0.25, 0.3) is 0 Å². The molecule has 1 heterocycles. The van der Waals surface area contributed by atoms with Crippen LogP contribution in [0.5, 0.6) is 0 Å². The minimum atomic E-state index is -0.326. The minimum Gasteiger partial charge on any atom is -0.396 e. The number of hydrogen-bond acceptors (Lipinski definition) is 3. The largest absolute Gasteiger partial charge is 0.396 e. The third-order valence-corrected chi connectivity index (χ3v) is 3.91. The van der Waals surface area contributed by atoms with Gasteiger partial charge in [0.15, 0.2) is 5.78 Å². The van der Waals surface area contributed by atoms with E-state index >= 15 is 0 Å². The SMILES string of the molecule is CC(C(=O)c1ccc(F)cc1)N1CCC(CCO)C1. The van der Waals surface area contributed by atoms with Gasteiger partial charge in [0, 0.05) is 18.7 Å². The molecule has 1 fully saturated rings. The Hall–Kier alpha value is -1.26. The fraction of sp³-hybridized carbons (Fsp3) is 0.533. The smallest absolute Gasteiger partial charge is 0.179 e. The quantitative estimate of drug-likeness (QED) is 0.829. The van der Waals surface area contributed by atoms with E-state index in [9.17, 15) is 9.18 Å². The summed E-state index contributed by atoms with van der Waals surface area (Å²) in [7, 11) is 0. The standard InChI is InChI=1S/C15H20FNO2/c1-11(17-8-6-12(10-17)7-9-18)15(19)13-2-4-14(16)5-3-13/h2-5,11-12,18H,6-10H2,1H3. The number of aliphatic hydroxyl groups excluding tert-OH is 1. The molecule has 3 nitrogen and oxygen atoms in total. The number of ketones is 1. The Morgan fingerprint density at radius 2 is 2.16 bits per heavy atom. The van der Waals surface area contributed by atoms with Crippen LogP contribution >= 0.6 is 0 Å². The number of halogens is 1. The highest BCUT2D eigenvalue weighted by molar-refractivity contribution is 5.99. The second-order valence-corrected chi connectivity index (χ2v) is 5.21. The monoisotopic (exact) mass is 265 g/mol. The number of likely N-dealkylation sites (tertiary alicyclic amines) is 1. The van der Waals surface area contributed by atoms with Gasteiger partial charge in [-0.1, -0.05) is 0 Å². The van der Waals surface area contributed by atoms with Crippen molar-refractivity contribution in [2.45, 2.75) is 25.8 Å². The molecule has 0 aromatic heterocycles. The molecule has 4 heteroatoms. The number of carbonyl (C=O) groups is 1. The maximum absolute atomic E-state index is 12.8. The molecular weight excluding hydrogens is 245 g/mol. The van der Waals surface area contributed by atoms with E-state index < -0.39 is 0 Å². The third kappa shape index (κ3) is 3.39. The predicted octanol–water partition coefficient (Wildman–Crippen LogP) is 2.10. The van der Waals surface area contributed by atoms with E-state index in [1.165, 1.54) is 24.3 Å². The van der Waals surface area contributed by atoms with E-state index in [4.69, 9.17) is 5.11 Å². The molecule has 2 atom stereocenters. The Kier molecular flexibility index (Phi) is 4.66. The van der Waals surface area contributed by atoms with Crippen LogP contribution in [-0.4, -0.2) is 41.5 Å². The van der Waals surface area contributed by atoms with Crippen LogP contribution in [-0.2, 0) is 0 Å². The zero-order valence-electron chi connectivity index (χ0n) is 11.2. The lowest BCUT2D eigenvalue weighted by Crippen LogP contribution is -2.37. The molecule has 2 unspecified atom stereocenters. The Balaban J connectivity index is 1.98. The summed E-state index contributed by atoms with van der Waals surface area (Å²) in [5.41, 5.74) is 0.555. The van der Waals surface area contributed by atoms with Crippen molar-refractivity contribution in [1.82, 2.24) is 4.90 Å². The maximum atomic E-state index is 12.8. The molecule has 0 aliphatic carbocycles. The summed E-state index contributed by atoms with van der Waals surface area (Å²) in [6.07, 6.45) is 1.83. The topological polar surface area (TPSA) is 40.5 Å². The van der Waals surface area contributed by atoms with E-state index in [-0.39, 0.29) is 24.2 Å². The van der Waals surface area contributed by atoms with Gasteiger partial charge in [0.1, 0.15) is 5.82 Å². The fourth-order valence-electron chi connectivity index (χ4n) is 2.65. The Morgan fingerprint density at radius 1 is 1.47 bits per heavy atom. The van der Waals surface area contributed by atoms with E-state index in [1.807, 2.05) is 6.92 Å². The predicted molar refractivity (Wildman–Crippen MR) is 71.6 cm³/mol. The van der Waals surface area contributed by atoms with Crippen LogP contribution in [0.4, 0.5) is 4.39 Å². The number of nitrogens with zero attached hydrogens (tertiary/aromatic N) is 1. The lowest BCUT2D eigenvalue weighted by Gasteiger charge is -2.23. The molecule has 0 amide bonds. The Morgan fingerprint density at radius 3 is 2.79 bits per heavy atom. The minimum absolute atomic E-state index is 0.0321. The van der Waals surface area contributed by atoms with Gasteiger partial charge in [-0.2, -0.15) is 0 Å². The van der Waals surface area contributed by atoms with Crippen LogP contribution in [0.3, 0.4) is 0 Å². The van der Waals surface area contributed by atoms with E-state index in [0.29, 0.717) is 11.5 Å². The first-order chi connectivity index (χ1) is 9.11. The zero-order chi connectivity index (χ0) is 13.8. The molecule has 0 saturated carbocycles. The lowest BCUT2D eigenvalue weighted by molar-refractivity contribution is 0.0861. The first kappa shape index (κ1) is 14.2. The van der Waals surface area contributed by atoms with Crippen LogP contribution in [0.15, 0.2) is 24.3 Å². The van der Waals surface area contributed by atoms with Crippen molar-refractivity contribution in [1.29, 1.82) is 0 Å². The number of rotatable bonds is 5. The summed E-state index contributed by atoms with van der Waals surface area (Å²) in [4.78, 5) is 14.4. The molecule has 1 aliphatic rings. The molecule has 104 valence electrons. The van der Waals surface area contributed by atoms with Crippen molar-refractivity contribution in [3.63, 3.8) is 0 Å². The summed E-state index contributed by atoms with van der Waals surface area (Å²) in [5.74, 6) is 0.187. The zero-order valence-corrected chi connectivity index (χ0v) is 11.2. The summed E-state index contributed by atoms with van der Waals surface area (Å²) < 4.78 is 12.8. The summed E-state index contributed by atoms with van der Waals surface area (Å²) in [5, 5.41) is 8.94. The molecule has 1 saturated heterocycles. The van der Waals surface area contributed by atoms with Gasteiger partial charge in [-0.05, 0) is 56.5 Å². The van der Waals surface area contributed by atoms with Crippen molar-refractivity contribution in [3.8, 4) is 0 Å². The molecule has 1 aromatic rings. The van der Waals surface area contributed by atoms with Gasteiger partial charge in [-0.25, -0.2) is 4.39 Å². The van der Waals surface area contributed by atoms with Gasteiger partial charge in [0.05, 0.1) is 6.04 Å². The van der Waals surface area contributed by atoms with Gasteiger partial charge in [-0.3, -0.25) is 9.69 Å². The summed E-state index contributed by atoms with van der Waals surface area (Å²) in [6.45, 7) is 3.85. The molecule has 1 N–H and O–H groups in total. The molecule has 0 bridgehead atoms. The van der Waals surface area contributed by atoms with E-state index in [2.05, 4.69) is 4.90 Å². The van der Waals surface area contributed by atoms with Crippen molar-refractivity contribution < 1.29 is 14.3 Å². The van der Waals surface area contributed by atoms with Gasteiger partial charge in [-0.15, -0.1) is 0 Å². The van der Waals surface area contributed by atoms with Crippen LogP contribution < -0.4 is 0 Å². The summed E-state index contributed by atoms with van der Waals surface area (Å²) >= 11 is 0. The van der Waals surface area contributed by atoms with Crippen LogP contribution in [0.1, 0.15) is 30.1 Å². The average molecular weight is 265 g/mol. The molecule has 0 radical (unpaired) electrons. The van der Waals surface area contributed by atoms with E-state index in [1.54, 1.807) is 0 Å². The number of benzene rings is 1. The Labute approximate surface area is 113 Å². The highest BCUT2D eigenvalue weighted by Crippen LogP contribution is 2.22. The molecule has 2 rings (SSSR count). The highest BCUT2D eigenvalue weighted by Gasteiger charge is 2.29.